The number of hydrogen-bond acceptors (Lipinski definition) is 1. The number of hydrogen-bond donors (Lipinski definition) is 0. The molecule has 0 radical (unpaired) electrons. The van der Waals surface area contributed by atoms with Crippen LogP contribution < -0.4 is 0 Å². The molecule has 4 fully saturated rings. The van der Waals surface area contributed by atoms with Crippen molar-refractivity contribution in [3.05, 3.63) is 0 Å². The Morgan fingerprint density at radius 1 is 1.06 bits per heavy atom. The van der Waals surface area contributed by atoms with E-state index in [1.807, 2.05) is 0 Å². The zero-order valence-corrected chi connectivity index (χ0v) is 11.3. The van der Waals surface area contributed by atoms with Crippen LogP contribution in [0, 0.1) is 17.3 Å². The number of carbonyl (C=O) groups excluding carboxylic acids is 1. The molecule has 0 saturated heterocycles. The molecule has 16 heavy (non-hydrogen) atoms. The molecule has 4 aliphatic carbocycles. The molecule has 3 atom stereocenters. The van der Waals surface area contributed by atoms with Gasteiger partial charge in [0.15, 0.2) is 0 Å². The first-order valence-electron chi connectivity index (χ1n) is 7.07. The second-order valence-corrected chi connectivity index (χ2v) is 7.60. The first kappa shape index (κ1) is 11.2. The van der Waals surface area contributed by atoms with Crippen molar-refractivity contribution in [2.24, 2.45) is 17.3 Å². The summed E-state index contributed by atoms with van der Waals surface area (Å²) in [5.41, 5.74) is 0.312. The van der Waals surface area contributed by atoms with Gasteiger partial charge in [0, 0.05) is 10.6 Å². The van der Waals surface area contributed by atoms with Gasteiger partial charge in [-0.15, -0.1) is 8.58 Å². The molecule has 0 amide bonds. The standard InChI is InChI=1S/C14H23OP/c1-2-3-4-5-6-7-8-9-16-14-11-12(14)13(11,14)10-15/h10-12,16H,2-9H2,1H3. The second kappa shape index (κ2) is 3.80. The molecular weight excluding hydrogens is 215 g/mol. The van der Waals surface area contributed by atoms with Crippen LogP contribution >= 0.6 is 8.58 Å². The lowest BCUT2D eigenvalue weighted by atomic mass is 10.1. The van der Waals surface area contributed by atoms with Crippen molar-refractivity contribution >= 4 is 14.9 Å². The first-order valence-corrected chi connectivity index (χ1v) is 8.28. The summed E-state index contributed by atoms with van der Waals surface area (Å²) in [5, 5.41) is 0.650. The van der Waals surface area contributed by atoms with E-state index in [0.717, 1.165) is 20.4 Å². The maximum atomic E-state index is 10.8. The van der Waals surface area contributed by atoms with Gasteiger partial charge in [-0.25, -0.2) is 0 Å². The van der Waals surface area contributed by atoms with Crippen LogP contribution in [0.3, 0.4) is 0 Å². The Morgan fingerprint density at radius 3 is 2.25 bits per heavy atom. The molecule has 0 aromatic heterocycles. The Balaban J connectivity index is 1.16. The van der Waals surface area contributed by atoms with E-state index >= 15 is 0 Å². The van der Waals surface area contributed by atoms with Crippen molar-refractivity contribution in [1.82, 2.24) is 0 Å². The lowest BCUT2D eigenvalue weighted by molar-refractivity contribution is -0.109. The van der Waals surface area contributed by atoms with Crippen LogP contribution in [-0.4, -0.2) is 17.6 Å². The Kier molecular flexibility index (Phi) is 2.66. The normalized spacial score (nSPS) is 45.8. The second-order valence-electron chi connectivity index (χ2n) is 5.92. The zero-order valence-electron chi connectivity index (χ0n) is 10.3. The minimum absolute atomic E-state index is 0.312. The molecule has 0 spiro atoms. The monoisotopic (exact) mass is 238 g/mol. The fourth-order valence-electron chi connectivity index (χ4n) is 3.65. The lowest BCUT2D eigenvalue weighted by Gasteiger charge is -2.01. The van der Waals surface area contributed by atoms with Gasteiger partial charge >= 0.3 is 0 Å². The summed E-state index contributed by atoms with van der Waals surface area (Å²) in [5.74, 6) is 1.81. The highest BCUT2D eigenvalue weighted by molar-refractivity contribution is 7.42. The largest absolute Gasteiger partial charge is 0.303 e. The third-order valence-electron chi connectivity index (χ3n) is 5.07. The van der Waals surface area contributed by atoms with Crippen molar-refractivity contribution < 1.29 is 4.79 Å². The van der Waals surface area contributed by atoms with E-state index in [1.165, 1.54) is 57.4 Å². The fraction of sp³-hybridized carbons (Fsp3) is 0.929. The van der Waals surface area contributed by atoms with Crippen LogP contribution in [0.4, 0.5) is 0 Å². The average Bonchev–Trinajstić information content (AvgIpc) is 3.18. The van der Waals surface area contributed by atoms with Crippen molar-refractivity contribution in [3.63, 3.8) is 0 Å². The van der Waals surface area contributed by atoms with E-state index in [-0.39, 0.29) is 0 Å². The zero-order chi connectivity index (χ0) is 11.2. The van der Waals surface area contributed by atoms with Gasteiger partial charge in [0.05, 0.1) is 0 Å². The maximum absolute atomic E-state index is 10.8. The third-order valence-corrected chi connectivity index (χ3v) is 7.31. The lowest BCUT2D eigenvalue weighted by Crippen LogP contribution is -1.85. The Morgan fingerprint density at radius 2 is 1.69 bits per heavy atom. The van der Waals surface area contributed by atoms with Crippen LogP contribution in [0.5, 0.6) is 0 Å². The fourth-order valence-corrected chi connectivity index (χ4v) is 6.19. The van der Waals surface area contributed by atoms with Crippen LogP contribution in [0.2, 0.25) is 0 Å². The van der Waals surface area contributed by atoms with Crippen LogP contribution in [0.1, 0.15) is 51.9 Å². The molecule has 4 aliphatic rings. The van der Waals surface area contributed by atoms with Gasteiger partial charge in [-0.3, -0.25) is 0 Å². The number of rotatable bonds is 10. The summed E-state index contributed by atoms with van der Waals surface area (Å²) in [6, 6.07) is 0. The molecule has 0 aromatic rings. The minimum Gasteiger partial charge on any atom is -0.303 e. The number of aldehydes is 1. The molecular formula is C14H23OP. The van der Waals surface area contributed by atoms with E-state index < -0.39 is 0 Å². The van der Waals surface area contributed by atoms with Crippen molar-refractivity contribution in [2.75, 3.05) is 6.16 Å². The maximum Gasteiger partial charge on any atom is 0.127 e. The molecule has 0 heterocycles. The van der Waals surface area contributed by atoms with Gasteiger partial charge in [0.1, 0.15) is 6.29 Å². The van der Waals surface area contributed by atoms with E-state index in [0.29, 0.717) is 10.6 Å². The van der Waals surface area contributed by atoms with Crippen LogP contribution in [0.25, 0.3) is 0 Å². The van der Waals surface area contributed by atoms with Crippen LogP contribution in [-0.2, 0) is 4.79 Å². The predicted molar refractivity (Wildman–Crippen MR) is 69.4 cm³/mol. The Hall–Kier alpha value is 0.100. The van der Waals surface area contributed by atoms with Gasteiger partial charge in [0.2, 0.25) is 0 Å². The van der Waals surface area contributed by atoms with E-state index in [1.54, 1.807) is 0 Å². The quantitative estimate of drug-likeness (QED) is 0.323. The van der Waals surface area contributed by atoms with E-state index in [2.05, 4.69) is 6.92 Å². The smallest absolute Gasteiger partial charge is 0.127 e. The summed E-state index contributed by atoms with van der Waals surface area (Å²) < 4.78 is 0. The van der Waals surface area contributed by atoms with Gasteiger partial charge < -0.3 is 4.79 Å². The molecule has 0 bridgehead atoms. The topological polar surface area (TPSA) is 17.1 Å². The molecule has 4 rings (SSSR count). The summed E-state index contributed by atoms with van der Waals surface area (Å²) in [6.07, 6.45) is 12.6. The molecule has 2 heteroatoms. The molecule has 1 nitrogen and oxygen atoms in total. The summed E-state index contributed by atoms with van der Waals surface area (Å²) in [4.78, 5) is 10.8. The van der Waals surface area contributed by atoms with Crippen molar-refractivity contribution in [3.8, 4) is 0 Å². The highest BCUT2D eigenvalue weighted by Gasteiger charge is 3.19. The van der Waals surface area contributed by atoms with Crippen LogP contribution in [0.15, 0.2) is 0 Å². The van der Waals surface area contributed by atoms with Gasteiger partial charge in [0.25, 0.3) is 0 Å². The third kappa shape index (κ3) is 1.30. The predicted octanol–water partition coefficient (Wildman–Crippen LogP) is 3.61. The molecule has 0 aromatic carbocycles. The van der Waals surface area contributed by atoms with Crippen molar-refractivity contribution in [2.45, 2.75) is 57.0 Å². The molecule has 90 valence electrons. The van der Waals surface area contributed by atoms with E-state index in [9.17, 15) is 4.79 Å². The van der Waals surface area contributed by atoms with Gasteiger partial charge in [-0.2, -0.15) is 0 Å². The SMILES string of the molecule is CCCCCCCCCPC12C3C1C32C=O. The van der Waals surface area contributed by atoms with Crippen molar-refractivity contribution in [1.29, 1.82) is 0 Å². The highest BCUT2D eigenvalue weighted by atomic mass is 31.1. The molecule has 3 unspecified atom stereocenters. The molecule has 4 saturated carbocycles. The molecule has 0 aliphatic heterocycles. The highest BCUT2D eigenvalue weighted by Crippen LogP contribution is 3.16. The number of unbranched alkanes of at least 4 members (excludes halogenated alkanes) is 6. The Bertz CT molecular complexity index is 289. The van der Waals surface area contributed by atoms with E-state index in [4.69, 9.17) is 0 Å². The summed E-state index contributed by atoms with van der Waals surface area (Å²) in [6.45, 7) is 2.27. The Labute approximate surface area is 101 Å². The number of carbonyl (C=O) groups is 1. The molecule has 0 N–H and O–H groups in total. The first-order chi connectivity index (χ1) is 7.86. The summed E-state index contributed by atoms with van der Waals surface area (Å²) in [7, 11) is 1.12. The summed E-state index contributed by atoms with van der Waals surface area (Å²) >= 11 is 0. The van der Waals surface area contributed by atoms with Gasteiger partial charge in [-0.1, -0.05) is 45.4 Å². The van der Waals surface area contributed by atoms with Gasteiger partial charge in [-0.05, 0) is 24.4 Å². The minimum atomic E-state index is 0.312. The average molecular weight is 238 g/mol.